The first-order valence-electron chi connectivity index (χ1n) is 5.91. The van der Waals surface area contributed by atoms with Gasteiger partial charge in [-0.2, -0.15) is 0 Å². The number of hydrogen-bond donors (Lipinski definition) is 2. The molecule has 1 saturated carbocycles. The number of hydrogen-bond acceptors (Lipinski definition) is 2. The summed E-state index contributed by atoms with van der Waals surface area (Å²) >= 11 is 0. The second-order valence-electron chi connectivity index (χ2n) is 4.78. The molecule has 0 spiro atoms. The van der Waals surface area contributed by atoms with E-state index in [2.05, 4.69) is 13.0 Å². The van der Waals surface area contributed by atoms with E-state index in [9.17, 15) is 9.59 Å². The van der Waals surface area contributed by atoms with Crippen LogP contribution in [0, 0.1) is 17.8 Å². The van der Waals surface area contributed by atoms with Gasteiger partial charge in [0, 0.05) is 41.2 Å². The van der Waals surface area contributed by atoms with Crippen molar-refractivity contribution in [3.05, 3.63) is 23.3 Å². The first-order chi connectivity index (χ1) is 8.02. The van der Waals surface area contributed by atoms with Gasteiger partial charge in [-0.25, -0.2) is 9.59 Å². The summed E-state index contributed by atoms with van der Waals surface area (Å²) in [5.74, 6) is -1.71. The monoisotopic (exact) mass is 259 g/mol. The maximum atomic E-state index is 11.1. The SMILES string of the molecule is CCC1=CC2CC1CC2C(=CC(=O)O)C(=O)O.[Na]. The quantitative estimate of drug-likeness (QED) is 0.457. The summed E-state index contributed by atoms with van der Waals surface area (Å²) in [6.07, 6.45) is 5.79. The van der Waals surface area contributed by atoms with Gasteiger partial charge in [0.25, 0.3) is 0 Å². The van der Waals surface area contributed by atoms with Gasteiger partial charge in [-0.15, -0.1) is 0 Å². The average Bonchev–Trinajstić information content (AvgIpc) is 2.83. The predicted molar refractivity (Wildman–Crippen MR) is 67.2 cm³/mol. The Morgan fingerprint density at radius 2 is 2.06 bits per heavy atom. The Labute approximate surface area is 128 Å². The van der Waals surface area contributed by atoms with Crippen molar-refractivity contribution in [1.29, 1.82) is 0 Å². The Bertz CT molecular complexity index is 425. The van der Waals surface area contributed by atoms with Gasteiger partial charge < -0.3 is 10.2 Å². The Kier molecular flexibility index (Phi) is 5.20. The molecule has 4 nitrogen and oxygen atoms in total. The van der Waals surface area contributed by atoms with Crippen molar-refractivity contribution in [3.63, 3.8) is 0 Å². The Hall–Kier alpha value is -0.580. The van der Waals surface area contributed by atoms with Crippen molar-refractivity contribution >= 4 is 41.5 Å². The van der Waals surface area contributed by atoms with Gasteiger partial charge in [0.15, 0.2) is 0 Å². The third kappa shape index (κ3) is 2.87. The molecule has 2 aliphatic rings. The van der Waals surface area contributed by atoms with Crippen LogP contribution in [0.2, 0.25) is 0 Å². The van der Waals surface area contributed by atoms with Crippen LogP contribution in [-0.2, 0) is 9.59 Å². The largest absolute Gasteiger partial charge is 0.478 e. The molecule has 1 fully saturated rings. The van der Waals surface area contributed by atoms with Gasteiger partial charge in [-0.05, 0) is 37.0 Å². The molecule has 0 amide bonds. The molecule has 93 valence electrons. The van der Waals surface area contributed by atoms with Crippen molar-refractivity contribution < 1.29 is 19.8 Å². The predicted octanol–water partition coefficient (Wildman–Crippen LogP) is 1.69. The number of allylic oxidation sites excluding steroid dienone is 2. The maximum Gasteiger partial charge on any atom is 0.332 e. The van der Waals surface area contributed by atoms with Gasteiger partial charge in [0.1, 0.15) is 0 Å². The molecule has 0 heterocycles. The second kappa shape index (κ2) is 6.04. The summed E-state index contributed by atoms with van der Waals surface area (Å²) < 4.78 is 0. The van der Waals surface area contributed by atoms with Crippen LogP contribution in [0.1, 0.15) is 26.2 Å². The summed E-state index contributed by atoms with van der Waals surface area (Å²) in [5, 5.41) is 17.8. The van der Waals surface area contributed by atoms with Crippen molar-refractivity contribution in [3.8, 4) is 0 Å². The molecule has 2 N–H and O–H groups in total. The number of carboxylic acids is 2. The van der Waals surface area contributed by atoms with Crippen LogP contribution in [0.4, 0.5) is 0 Å². The van der Waals surface area contributed by atoms with E-state index in [1.165, 1.54) is 5.57 Å². The van der Waals surface area contributed by atoms with Crippen LogP contribution in [0.25, 0.3) is 0 Å². The van der Waals surface area contributed by atoms with Crippen molar-refractivity contribution in [2.24, 2.45) is 17.8 Å². The van der Waals surface area contributed by atoms with E-state index in [-0.39, 0.29) is 47.0 Å². The molecule has 3 atom stereocenters. The van der Waals surface area contributed by atoms with Gasteiger partial charge >= 0.3 is 11.9 Å². The van der Waals surface area contributed by atoms with Crippen molar-refractivity contribution in [2.45, 2.75) is 26.2 Å². The van der Waals surface area contributed by atoms with E-state index in [4.69, 9.17) is 10.2 Å². The van der Waals surface area contributed by atoms with Crippen LogP contribution >= 0.6 is 0 Å². The van der Waals surface area contributed by atoms with Gasteiger partial charge in [0.2, 0.25) is 0 Å². The molecular weight excluding hydrogens is 243 g/mol. The third-order valence-corrected chi connectivity index (χ3v) is 3.90. The molecule has 0 aromatic rings. The fraction of sp³-hybridized carbons (Fsp3) is 0.538. The summed E-state index contributed by atoms with van der Waals surface area (Å²) in [5.41, 5.74) is 1.46. The van der Waals surface area contributed by atoms with Crippen LogP contribution in [-0.4, -0.2) is 51.7 Å². The molecule has 2 bridgehead atoms. The van der Waals surface area contributed by atoms with Crippen molar-refractivity contribution in [1.82, 2.24) is 0 Å². The van der Waals surface area contributed by atoms with Crippen molar-refractivity contribution in [2.75, 3.05) is 0 Å². The zero-order chi connectivity index (χ0) is 12.6. The minimum absolute atomic E-state index is 0. The molecule has 18 heavy (non-hydrogen) atoms. The molecule has 0 aromatic carbocycles. The summed E-state index contributed by atoms with van der Waals surface area (Å²) in [6, 6.07) is 0. The molecule has 3 unspecified atom stereocenters. The van der Waals surface area contributed by atoms with E-state index >= 15 is 0 Å². The topological polar surface area (TPSA) is 74.6 Å². The van der Waals surface area contributed by atoms with E-state index in [0.717, 1.165) is 25.3 Å². The fourth-order valence-corrected chi connectivity index (χ4v) is 3.19. The van der Waals surface area contributed by atoms with E-state index in [1.54, 1.807) is 0 Å². The molecule has 1 radical (unpaired) electrons. The summed E-state index contributed by atoms with van der Waals surface area (Å²) in [6.45, 7) is 2.10. The summed E-state index contributed by atoms with van der Waals surface area (Å²) in [7, 11) is 0. The zero-order valence-corrected chi connectivity index (χ0v) is 12.7. The van der Waals surface area contributed by atoms with E-state index in [0.29, 0.717) is 5.92 Å². The summed E-state index contributed by atoms with van der Waals surface area (Å²) in [4.78, 5) is 21.7. The van der Waals surface area contributed by atoms with Gasteiger partial charge in [0.05, 0.1) is 0 Å². The normalized spacial score (nSPS) is 29.7. The number of fused-ring (bicyclic) bond motifs is 2. The van der Waals surface area contributed by atoms with Gasteiger partial charge in [-0.1, -0.05) is 18.6 Å². The van der Waals surface area contributed by atoms with Gasteiger partial charge in [-0.3, -0.25) is 0 Å². The Morgan fingerprint density at radius 1 is 1.39 bits per heavy atom. The molecular formula is C13H16NaO4. The minimum Gasteiger partial charge on any atom is -0.478 e. The average molecular weight is 259 g/mol. The molecule has 5 heteroatoms. The maximum absolute atomic E-state index is 11.1. The standard InChI is InChI=1S/C13H16O4.Na/c1-2-7-3-9-4-8(7)5-10(9)11(13(16)17)6-12(14)15;/h3,6,8-10H,2,4-5H2,1H3,(H,14,15)(H,16,17);. The van der Waals surface area contributed by atoms with Crippen LogP contribution in [0.3, 0.4) is 0 Å². The first-order valence-corrected chi connectivity index (χ1v) is 5.91. The Morgan fingerprint density at radius 3 is 2.44 bits per heavy atom. The molecule has 2 aliphatic carbocycles. The molecule has 0 aliphatic heterocycles. The van der Waals surface area contributed by atoms with Crippen LogP contribution in [0.5, 0.6) is 0 Å². The van der Waals surface area contributed by atoms with E-state index < -0.39 is 11.9 Å². The second-order valence-corrected chi connectivity index (χ2v) is 4.78. The van der Waals surface area contributed by atoms with E-state index in [1.807, 2.05) is 0 Å². The Balaban J connectivity index is 0.00000162. The minimum atomic E-state index is -1.18. The smallest absolute Gasteiger partial charge is 0.332 e. The zero-order valence-electron chi connectivity index (χ0n) is 10.7. The number of carbonyl (C=O) groups is 2. The number of aliphatic carboxylic acids is 2. The van der Waals surface area contributed by atoms with Crippen LogP contribution in [0.15, 0.2) is 23.3 Å². The molecule has 0 aromatic heterocycles. The molecule has 0 saturated heterocycles. The number of carboxylic acid groups (broad SMARTS) is 2. The first kappa shape index (κ1) is 15.5. The molecule has 2 rings (SSSR count). The fourth-order valence-electron chi connectivity index (χ4n) is 3.19. The number of rotatable bonds is 4. The third-order valence-electron chi connectivity index (χ3n) is 3.90. The van der Waals surface area contributed by atoms with Crippen LogP contribution < -0.4 is 0 Å².